The van der Waals surface area contributed by atoms with Crippen molar-refractivity contribution in [2.75, 3.05) is 12.4 Å². The summed E-state index contributed by atoms with van der Waals surface area (Å²) in [6.07, 6.45) is 0. The minimum Gasteiger partial charge on any atom is -0.495 e. The zero-order valence-electron chi connectivity index (χ0n) is 10.2. The molecule has 0 atom stereocenters. The lowest BCUT2D eigenvalue weighted by Crippen LogP contribution is -2.03. The fourth-order valence-electron chi connectivity index (χ4n) is 1.32. The van der Waals surface area contributed by atoms with Crippen LogP contribution in [0.25, 0.3) is 0 Å². The molecule has 0 amide bonds. The molecule has 0 aliphatic carbocycles. The van der Waals surface area contributed by atoms with Crippen molar-refractivity contribution < 1.29 is 4.74 Å². The van der Waals surface area contributed by atoms with E-state index < -0.39 is 0 Å². The first-order valence-corrected chi connectivity index (χ1v) is 5.48. The van der Waals surface area contributed by atoms with Crippen LogP contribution in [0.3, 0.4) is 0 Å². The SMILES string of the molecule is COc1cc(NC(C#N)=C(C#N)C#N)c(C#N)cc1Cl. The molecule has 6 nitrogen and oxygen atoms in total. The van der Waals surface area contributed by atoms with Crippen molar-refractivity contribution in [3.05, 3.63) is 34.0 Å². The largest absolute Gasteiger partial charge is 0.495 e. The van der Waals surface area contributed by atoms with Gasteiger partial charge in [-0.15, -0.1) is 0 Å². The lowest BCUT2D eigenvalue weighted by atomic mass is 10.1. The second kappa shape index (κ2) is 6.66. The van der Waals surface area contributed by atoms with E-state index in [0.29, 0.717) is 5.75 Å². The Bertz CT molecular complexity index is 724. The lowest BCUT2D eigenvalue weighted by Gasteiger charge is -2.10. The van der Waals surface area contributed by atoms with Crippen LogP contribution < -0.4 is 10.1 Å². The van der Waals surface area contributed by atoms with Gasteiger partial charge in [0.15, 0.2) is 5.57 Å². The first-order valence-electron chi connectivity index (χ1n) is 5.10. The second-order valence-corrected chi connectivity index (χ2v) is 3.76. The van der Waals surface area contributed by atoms with Crippen molar-refractivity contribution in [1.82, 2.24) is 0 Å². The maximum Gasteiger partial charge on any atom is 0.163 e. The predicted octanol–water partition coefficient (Wildman–Crippen LogP) is 2.46. The van der Waals surface area contributed by atoms with Gasteiger partial charge in [0, 0.05) is 6.07 Å². The number of nitrogens with zero attached hydrogens (tertiary/aromatic N) is 4. The molecule has 1 N–H and O–H groups in total. The number of benzene rings is 1. The molecule has 7 heteroatoms. The molecule has 1 aromatic rings. The van der Waals surface area contributed by atoms with Crippen LogP contribution in [0.2, 0.25) is 5.02 Å². The van der Waals surface area contributed by atoms with Crippen LogP contribution in [0.15, 0.2) is 23.4 Å². The summed E-state index contributed by atoms with van der Waals surface area (Å²) in [5, 5.41) is 38.3. The van der Waals surface area contributed by atoms with Gasteiger partial charge >= 0.3 is 0 Å². The molecule has 0 aromatic heterocycles. The van der Waals surface area contributed by atoms with Crippen LogP contribution in [-0.4, -0.2) is 7.11 Å². The van der Waals surface area contributed by atoms with Gasteiger partial charge in [-0.1, -0.05) is 11.6 Å². The van der Waals surface area contributed by atoms with Crippen LogP contribution in [0, 0.1) is 45.3 Å². The molecule has 20 heavy (non-hydrogen) atoms. The van der Waals surface area contributed by atoms with Crippen molar-refractivity contribution in [3.63, 3.8) is 0 Å². The summed E-state index contributed by atoms with van der Waals surface area (Å²) in [5.41, 5.74) is -0.270. The molecule has 0 fully saturated rings. The number of hydrogen-bond donors (Lipinski definition) is 1. The van der Waals surface area contributed by atoms with Crippen molar-refractivity contribution >= 4 is 17.3 Å². The zero-order chi connectivity index (χ0) is 15.1. The summed E-state index contributed by atoms with van der Waals surface area (Å²) < 4.78 is 5.00. The van der Waals surface area contributed by atoms with Gasteiger partial charge in [-0.25, -0.2) is 0 Å². The van der Waals surface area contributed by atoms with Crippen molar-refractivity contribution in [2.45, 2.75) is 0 Å². The second-order valence-electron chi connectivity index (χ2n) is 3.35. The molecule has 1 rings (SSSR count). The lowest BCUT2D eigenvalue weighted by molar-refractivity contribution is 0.415. The average molecular weight is 284 g/mol. The normalized spacial score (nSPS) is 8.30. The van der Waals surface area contributed by atoms with Gasteiger partial charge in [0.05, 0.1) is 23.4 Å². The maximum absolute atomic E-state index is 9.03. The molecule has 0 radical (unpaired) electrons. The van der Waals surface area contributed by atoms with E-state index in [1.165, 1.54) is 19.2 Å². The Hall–Kier alpha value is -3.19. The molecule has 0 unspecified atom stereocenters. The highest BCUT2D eigenvalue weighted by Gasteiger charge is 2.12. The molecule has 0 heterocycles. The Morgan fingerprint density at radius 3 is 2.25 bits per heavy atom. The fraction of sp³-hybridized carbons (Fsp3) is 0.0769. The molecular formula is C13H6ClN5O. The number of ether oxygens (including phenoxy) is 1. The summed E-state index contributed by atoms with van der Waals surface area (Å²) in [6.45, 7) is 0. The average Bonchev–Trinajstić information content (AvgIpc) is 2.48. The zero-order valence-corrected chi connectivity index (χ0v) is 11.0. The highest BCUT2D eigenvalue weighted by atomic mass is 35.5. The third kappa shape index (κ3) is 2.98. The molecule has 0 saturated carbocycles. The monoisotopic (exact) mass is 283 g/mol. The summed E-state index contributed by atoms with van der Waals surface area (Å²) in [6, 6.07) is 9.54. The predicted molar refractivity (Wildman–Crippen MR) is 70.2 cm³/mol. The minimum atomic E-state index is -0.384. The molecule has 0 spiro atoms. The van der Waals surface area contributed by atoms with Crippen molar-refractivity contribution in [1.29, 1.82) is 21.0 Å². The van der Waals surface area contributed by atoms with Crippen LogP contribution in [0.4, 0.5) is 5.69 Å². The molecule has 96 valence electrons. The number of hydrogen-bond acceptors (Lipinski definition) is 6. The van der Waals surface area contributed by atoms with Gasteiger partial charge < -0.3 is 10.1 Å². The highest BCUT2D eigenvalue weighted by Crippen LogP contribution is 2.31. The van der Waals surface area contributed by atoms with E-state index >= 15 is 0 Å². The highest BCUT2D eigenvalue weighted by molar-refractivity contribution is 6.32. The van der Waals surface area contributed by atoms with Crippen LogP contribution in [0.5, 0.6) is 5.75 Å². The third-order valence-corrected chi connectivity index (χ3v) is 2.55. The van der Waals surface area contributed by atoms with E-state index in [4.69, 9.17) is 37.4 Å². The first kappa shape index (κ1) is 14.9. The fourth-order valence-corrected chi connectivity index (χ4v) is 1.56. The molecule has 0 saturated heterocycles. The minimum absolute atomic E-state index is 0.152. The number of nitrogens with one attached hydrogen (secondary N) is 1. The number of allylic oxidation sites excluding steroid dienone is 2. The van der Waals surface area contributed by atoms with Gasteiger partial charge in [-0.3, -0.25) is 0 Å². The molecule has 0 aliphatic rings. The van der Waals surface area contributed by atoms with Gasteiger partial charge in [0.2, 0.25) is 0 Å². The first-order chi connectivity index (χ1) is 9.60. The van der Waals surface area contributed by atoms with Crippen LogP contribution in [-0.2, 0) is 0 Å². The van der Waals surface area contributed by atoms with E-state index in [0.717, 1.165) is 0 Å². The Morgan fingerprint density at radius 2 is 1.80 bits per heavy atom. The molecule has 0 aliphatic heterocycles. The van der Waals surface area contributed by atoms with E-state index in [2.05, 4.69) is 5.32 Å². The summed E-state index contributed by atoms with van der Waals surface area (Å²) in [5.74, 6) is 0.293. The van der Waals surface area contributed by atoms with Crippen LogP contribution >= 0.6 is 11.6 Å². The number of rotatable bonds is 3. The van der Waals surface area contributed by atoms with E-state index in [1.807, 2.05) is 6.07 Å². The van der Waals surface area contributed by atoms with Crippen molar-refractivity contribution in [2.24, 2.45) is 0 Å². The van der Waals surface area contributed by atoms with Gasteiger partial charge in [-0.05, 0) is 6.07 Å². The van der Waals surface area contributed by atoms with Gasteiger partial charge in [-0.2, -0.15) is 21.0 Å². The maximum atomic E-state index is 9.03. The summed E-state index contributed by atoms with van der Waals surface area (Å²) >= 11 is 5.88. The Kier molecular flexibility index (Phi) is 4.96. The summed E-state index contributed by atoms with van der Waals surface area (Å²) in [4.78, 5) is 0. The molecule has 1 aromatic carbocycles. The Labute approximate surface area is 120 Å². The van der Waals surface area contributed by atoms with Crippen molar-refractivity contribution in [3.8, 4) is 30.0 Å². The number of nitriles is 4. The Morgan fingerprint density at radius 1 is 1.15 bits per heavy atom. The summed E-state index contributed by atoms with van der Waals surface area (Å²) in [7, 11) is 1.40. The quantitative estimate of drug-likeness (QED) is 0.852. The molecular weight excluding hydrogens is 278 g/mol. The third-order valence-electron chi connectivity index (χ3n) is 2.26. The Balaban J connectivity index is 3.40. The number of methoxy groups -OCH3 is 1. The standard InChI is InChI=1S/C13H6ClN5O/c1-20-13-3-11(8(4-15)2-10(13)14)19-12(7-18)9(5-16)6-17/h2-3,19H,1H3. The smallest absolute Gasteiger partial charge is 0.163 e. The van der Waals surface area contributed by atoms with E-state index in [-0.39, 0.29) is 27.5 Å². The topological polar surface area (TPSA) is 116 Å². The van der Waals surface area contributed by atoms with Gasteiger partial charge in [0.1, 0.15) is 35.7 Å². The van der Waals surface area contributed by atoms with Crippen LogP contribution in [0.1, 0.15) is 5.56 Å². The number of anilines is 1. The van der Waals surface area contributed by atoms with E-state index in [1.54, 1.807) is 18.2 Å². The van der Waals surface area contributed by atoms with Gasteiger partial charge in [0.25, 0.3) is 0 Å². The van der Waals surface area contributed by atoms with E-state index in [9.17, 15) is 0 Å². The molecule has 0 bridgehead atoms. The number of halogens is 1.